The minimum atomic E-state index is -1.50. The smallest absolute Gasteiger partial charge is 0.411 e. The highest BCUT2D eigenvalue weighted by Gasteiger charge is 2.39. The van der Waals surface area contributed by atoms with Crippen molar-refractivity contribution in [2.75, 3.05) is 11.9 Å². The lowest BCUT2D eigenvalue weighted by Crippen LogP contribution is -2.34. The summed E-state index contributed by atoms with van der Waals surface area (Å²) in [5.41, 5.74) is 0.504. The molecule has 112 valence electrons. The lowest BCUT2D eigenvalue weighted by atomic mass is 10.2. The Bertz CT molecular complexity index is 569. The van der Waals surface area contributed by atoms with Crippen LogP contribution in [0, 0.1) is 0 Å². The first-order chi connectivity index (χ1) is 9.99. The summed E-state index contributed by atoms with van der Waals surface area (Å²) in [6.45, 7) is -0.534. The number of rotatable bonds is 4. The van der Waals surface area contributed by atoms with Gasteiger partial charge in [0.2, 0.25) is 5.76 Å². The van der Waals surface area contributed by atoms with Crippen molar-refractivity contribution in [1.82, 2.24) is 0 Å². The molecule has 2 rings (SSSR count). The molecular formula is C13H13NO7. The molecule has 1 aliphatic rings. The molecule has 0 unspecified atom stereocenters. The van der Waals surface area contributed by atoms with E-state index in [9.17, 15) is 19.8 Å². The third kappa shape index (κ3) is 3.42. The minimum Gasteiger partial charge on any atom is -0.505 e. The molecule has 0 fully saturated rings. The summed E-state index contributed by atoms with van der Waals surface area (Å²) in [4.78, 5) is 22.4. The summed E-state index contributed by atoms with van der Waals surface area (Å²) >= 11 is 0. The maximum Gasteiger partial charge on any atom is 0.411 e. The monoisotopic (exact) mass is 295 g/mol. The minimum absolute atomic E-state index is 0.504. The summed E-state index contributed by atoms with van der Waals surface area (Å²) < 4.78 is 9.26. The molecule has 1 aromatic carbocycles. The second-order valence-corrected chi connectivity index (χ2v) is 4.22. The maximum absolute atomic E-state index is 11.5. The van der Waals surface area contributed by atoms with Crippen molar-refractivity contribution in [2.24, 2.45) is 0 Å². The Balaban J connectivity index is 1.83. The zero-order valence-corrected chi connectivity index (χ0v) is 10.7. The Kier molecular flexibility index (Phi) is 4.29. The van der Waals surface area contributed by atoms with Gasteiger partial charge < -0.3 is 24.8 Å². The molecule has 0 radical (unpaired) electrons. The van der Waals surface area contributed by atoms with E-state index >= 15 is 0 Å². The number of aliphatic hydroxyl groups excluding tert-OH is 3. The van der Waals surface area contributed by atoms with Gasteiger partial charge in [-0.3, -0.25) is 5.32 Å². The second kappa shape index (κ2) is 6.14. The van der Waals surface area contributed by atoms with Crippen LogP contribution in [-0.2, 0) is 14.3 Å². The number of hydrogen-bond donors (Lipinski definition) is 4. The number of carbonyl (C=O) groups excluding carboxylic acids is 2. The zero-order valence-electron chi connectivity index (χ0n) is 10.7. The van der Waals surface area contributed by atoms with Crippen molar-refractivity contribution in [3.8, 4) is 0 Å². The number of hydrogen-bond acceptors (Lipinski definition) is 7. The van der Waals surface area contributed by atoms with E-state index in [1.54, 1.807) is 30.3 Å². The van der Waals surface area contributed by atoms with Crippen LogP contribution < -0.4 is 5.32 Å². The molecule has 1 heterocycles. The van der Waals surface area contributed by atoms with Crippen LogP contribution in [0.1, 0.15) is 0 Å². The van der Waals surface area contributed by atoms with E-state index in [0.29, 0.717) is 5.69 Å². The van der Waals surface area contributed by atoms with Gasteiger partial charge in [-0.2, -0.15) is 0 Å². The van der Waals surface area contributed by atoms with E-state index in [1.165, 1.54) is 0 Å². The molecular weight excluding hydrogens is 282 g/mol. The largest absolute Gasteiger partial charge is 0.505 e. The first kappa shape index (κ1) is 14.7. The first-order valence-corrected chi connectivity index (χ1v) is 5.99. The molecule has 0 saturated carbocycles. The van der Waals surface area contributed by atoms with Gasteiger partial charge in [0.1, 0.15) is 12.7 Å². The van der Waals surface area contributed by atoms with Gasteiger partial charge in [-0.1, -0.05) is 18.2 Å². The number of anilines is 1. The number of ether oxygens (including phenoxy) is 2. The van der Waals surface area contributed by atoms with Crippen LogP contribution in [0.5, 0.6) is 0 Å². The van der Waals surface area contributed by atoms with Crippen molar-refractivity contribution >= 4 is 17.7 Å². The number of carbonyl (C=O) groups is 2. The molecule has 1 aromatic rings. The summed E-state index contributed by atoms with van der Waals surface area (Å²) in [6.07, 6.45) is -3.78. The maximum atomic E-state index is 11.5. The fraction of sp³-hybridized carbons (Fsp3) is 0.231. The Morgan fingerprint density at radius 3 is 2.57 bits per heavy atom. The molecule has 8 nitrogen and oxygen atoms in total. The van der Waals surface area contributed by atoms with E-state index in [2.05, 4.69) is 10.1 Å². The predicted molar refractivity (Wildman–Crippen MR) is 69.6 cm³/mol. The standard InChI is InChI=1S/C13H13NO7/c15-8(11-9(16)10(17)12(18)21-11)6-20-13(19)14-7-4-2-1-3-5-7/h1-5,8,11,15-17H,6H2,(H,14,19)/t8-,11+/m0/s1. The van der Waals surface area contributed by atoms with Gasteiger partial charge in [0.25, 0.3) is 0 Å². The Morgan fingerprint density at radius 2 is 2.00 bits per heavy atom. The van der Waals surface area contributed by atoms with E-state index in [-0.39, 0.29) is 0 Å². The SMILES string of the molecule is O=C(Nc1ccccc1)OC[C@H](O)[C@H]1OC(=O)C(O)=C1O. The van der Waals surface area contributed by atoms with Gasteiger partial charge in [-0.15, -0.1) is 0 Å². The number of esters is 1. The highest BCUT2D eigenvalue weighted by Crippen LogP contribution is 2.21. The number of para-hydroxylation sites is 1. The summed E-state index contributed by atoms with van der Waals surface area (Å²) in [7, 11) is 0. The first-order valence-electron chi connectivity index (χ1n) is 5.99. The molecule has 1 aliphatic heterocycles. The fourth-order valence-corrected chi connectivity index (χ4v) is 1.65. The van der Waals surface area contributed by atoms with Crippen LogP contribution in [0.15, 0.2) is 41.9 Å². The van der Waals surface area contributed by atoms with Crippen LogP contribution >= 0.6 is 0 Å². The third-order valence-electron chi connectivity index (χ3n) is 2.69. The van der Waals surface area contributed by atoms with E-state index in [0.717, 1.165) is 0 Å². The number of amides is 1. The van der Waals surface area contributed by atoms with Crippen molar-refractivity contribution < 1.29 is 34.4 Å². The zero-order chi connectivity index (χ0) is 15.4. The van der Waals surface area contributed by atoms with Crippen molar-refractivity contribution in [3.63, 3.8) is 0 Å². The highest BCUT2D eigenvalue weighted by molar-refractivity contribution is 5.89. The molecule has 4 N–H and O–H groups in total. The molecule has 8 heteroatoms. The van der Waals surface area contributed by atoms with Crippen molar-refractivity contribution in [3.05, 3.63) is 41.9 Å². The van der Waals surface area contributed by atoms with Crippen molar-refractivity contribution in [1.29, 1.82) is 0 Å². The lowest BCUT2D eigenvalue weighted by Gasteiger charge is -2.17. The number of benzene rings is 1. The molecule has 0 aliphatic carbocycles. The van der Waals surface area contributed by atoms with E-state index < -0.39 is 42.4 Å². The highest BCUT2D eigenvalue weighted by atomic mass is 16.6. The van der Waals surface area contributed by atoms with Gasteiger partial charge in [-0.25, -0.2) is 9.59 Å². The van der Waals surface area contributed by atoms with E-state index in [4.69, 9.17) is 9.84 Å². The van der Waals surface area contributed by atoms with E-state index in [1.807, 2.05) is 0 Å². The number of nitrogens with one attached hydrogen (secondary N) is 1. The average Bonchev–Trinajstić information content (AvgIpc) is 2.73. The lowest BCUT2D eigenvalue weighted by molar-refractivity contribution is -0.147. The Hall–Kier alpha value is -2.74. The van der Waals surface area contributed by atoms with Gasteiger partial charge in [0.15, 0.2) is 11.9 Å². The molecule has 21 heavy (non-hydrogen) atoms. The average molecular weight is 295 g/mol. The third-order valence-corrected chi connectivity index (χ3v) is 2.69. The summed E-state index contributed by atoms with van der Waals surface area (Å²) in [5, 5.41) is 30.5. The summed E-state index contributed by atoms with van der Waals surface area (Å²) in [5.74, 6) is -2.90. The Labute approximate surface area is 119 Å². The molecule has 0 bridgehead atoms. The van der Waals surface area contributed by atoms with Crippen LogP contribution in [0.3, 0.4) is 0 Å². The molecule has 0 aromatic heterocycles. The normalized spacial score (nSPS) is 19.1. The van der Waals surface area contributed by atoms with Crippen LogP contribution in [0.4, 0.5) is 10.5 Å². The summed E-state index contributed by atoms with van der Waals surface area (Å²) in [6, 6.07) is 8.49. The molecule has 0 saturated heterocycles. The quantitative estimate of drug-likeness (QED) is 0.607. The van der Waals surface area contributed by atoms with Crippen LogP contribution in [0.2, 0.25) is 0 Å². The molecule has 0 spiro atoms. The topological polar surface area (TPSA) is 125 Å². The van der Waals surface area contributed by atoms with Crippen LogP contribution in [0.25, 0.3) is 0 Å². The van der Waals surface area contributed by atoms with Gasteiger partial charge in [0, 0.05) is 5.69 Å². The van der Waals surface area contributed by atoms with Crippen molar-refractivity contribution in [2.45, 2.75) is 12.2 Å². The number of cyclic esters (lactones) is 1. The Morgan fingerprint density at radius 1 is 1.33 bits per heavy atom. The fourth-order valence-electron chi connectivity index (χ4n) is 1.65. The predicted octanol–water partition coefficient (Wildman–Crippen LogP) is 0.849. The van der Waals surface area contributed by atoms with Gasteiger partial charge in [0.05, 0.1) is 0 Å². The molecule has 2 atom stereocenters. The van der Waals surface area contributed by atoms with Gasteiger partial charge in [-0.05, 0) is 12.1 Å². The number of aliphatic hydroxyl groups is 3. The van der Waals surface area contributed by atoms with Gasteiger partial charge >= 0.3 is 12.1 Å². The van der Waals surface area contributed by atoms with Crippen LogP contribution in [-0.4, -0.2) is 46.2 Å². The second-order valence-electron chi connectivity index (χ2n) is 4.22. The molecule has 1 amide bonds.